The Morgan fingerprint density at radius 1 is 1.15 bits per heavy atom. The molecule has 0 spiro atoms. The summed E-state index contributed by atoms with van der Waals surface area (Å²) in [6, 6.07) is 12.8. The Hall–Kier alpha value is -2.19. The largest absolute Gasteiger partial charge is 0.493 e. The van der Waals surface area contributed by atoms with Crippen LogP contribution < -0.4 is 4.74 Å². The summed E-state index contributed by atoms with van der Waals surface area (Å²) in [6.45, 7) is 3.68. The first-order valence-electron chi connectivity index (χ1n) is 8.22. The number of benzene rings is 2. The second-order valence-electron chi connectivity index (χ2n) is 6.13. The van der Waals surface area contributed by atoms with Crippen LogP contribution in [0.3, 0.4) is 0 Å². The van der Waals surface area contributed by atoms with Gasteiger partial charge in [0.25, 0.3) is 0 Å². The molecule has 2 aromatic carbocycles. The van der Waals surface area contributed by atoms with E-state index in [-0.39, 0.29) is 24.2 Å². The highest BCUT2D eigenvalue weighted by Gasteiger charge is 2.19. The van der Waals surface area contributed by atoms with Gasteiger partial charge in [0.2, 0.25) is 5.88 Å². The van der Waals surface area contributed by atoms with Gasteiger partial charge in [0, 0.05) is 20.4 Å². The van der Waals surface area contributed by atoms with E-state index < -0.39 is 5.91 Å². The van der Waals surface area contributed by atoms with Gasteiger partial charge in [-0.05, 0) is 56.3 Å². The van der Waals surface area contributed by atoms with Crippen molar-refractivity contribution in [3.63, 3.8) is 0 Å². The van der Waals surface area contributed by atoms with Crippen LogP contribution in [0.5, 0.6) is 11.6 Å². The highest BCUT2D eigenvalue weighted by molar-refractivity contribution is 9.10. The van der Waals surface area contributed by atoms with Crippen molar-refractivity contribution >= 4 is 54.4 Å². The van der Waals surface area contributed by atoms with Crippen LogP contribution in [0, 0.1) is 0 Å². The van der Waals surface area contributed by atoms with Gasteiger partial charge < -0.3 is 14.4 Å². The van der Waals surface area contributed by atoms with Crippen LogP contribution in [0.2, 0.25) is 0 Å². The summed E-state index contributed by atoms with van der Waals surface area (Å²) < 4.78 is 8.91. The number of hydrogen-bond acceptors (Lipinski definition) is 4. The number of ether oxygens (including phenoxy) is 1. The van der Waals surface area contributed by atoms with Crippen molar-refractivity contribution in [3.05, 3.63) is 51.4 Å². The van der Waals surface area contributed by atoms with Crippen LogP contribution in [-0.4, -0.2) is 22.2 Å². The lowest BCUT2D eigenvalue weighted by Gasteiger charge is -2.10. The van der Waals surface area contributed by atoms with Gasteiger partial charge in [0.15, 0.2) is 12.3 Å². The molecule has 0 saturated carbocycles. The molecular weight excluding hydrogens is 478 g/mol. The maximum atomic E-state index is 12.0. The molecule has 1 N–H and O–H groups in total. The zero-order valence-electron chi connectivity index (χ0n) is 14.7. The maximum Gasteiger partial charge on any atom is 0.302 e. The van der Waals surface area contributed by atoms with E-state index in [1.807, 2.05) is 44.2 Å². The summed E-state index contributed by atoms with van der Waals surface area (Å²) >= 11 is 6.75. The Labute approximate surface area is 173 Å². The molecule has 0 fully saturated rings. The Morgan fingerprint density at radius 3 is 2.48 bits per heavy atom. The number of azo groups is 1. The van der Waals surface area contributed by atoms with E-state index in [1.165, 1.54) is 0 Å². The van der Waals surface area contributed by atoms with Gasteiger partial charge in [-0.3, -0.25) is 4.79 Å². The summed E-state index contributed by atoms with van der Waals surface area (Å²) in [5.74, 6) is -0.00817. The molecule has 1 amide bonds. The third-order valence-corrected chi connectivity index (χ3v) is 4.89. The molecule has 0 aliphatic heterocycles. The molecule has 0 bridgehead atoms. The minimum absolute atomic E-state index is 0.0223. The topological polar surface area (TPSA) is 76.2 Å². The van der Waals surface area contributed by atoms with E-state index in [9.17, 15) is 9.90 Å². The van der Waals surface area contributed by atoms with Crippen molar-refractivity contribution in [3.8, 4) is 11.6 Å². The van der Waals surface area contributed by atoms with Gasteiger partial charge in [-0.15, -0.1) is 10.2 Å². The number of rotatable bonds is 5. The number of aromatic hydroxyl groups is 1. The van der Waals surface area contributed by atoms with E-state index in [4.69, 9.17) is 4.74 Å². The molecule has 0 radical (unpaired) electrons. The van der Waals surface area contributed by atoms with Gasteiger partial charge in [-0.1, -0.05) is 31.9 Å². The fraction of sp³-hybridized carbons (Fsp3) is 0.211. The van der Waals surface area contributed by atoms with Crippen LogP contribution in [0.4, 0.5) is 5.69 Å². The van der Waals surface area contributed by atoms with Crippen molar-refractivity contribution in [1.29, 1.82) is 0 Å². The molecule has 0 aliphatic carbocycles. The Kier molecular flexibility index (Phi) is 5.96. The lowest BCUT2D eigenvalue weighted by molar-refractivity contribution is -0.120. The molecule has 3 rings (SSSR count). The lowest BCUT2D eigenvalue weighted by Crippen LogP contribution is -2.07. The van der Waals surface area contributed by atoms with E-state index in [1.54, 1.807) is 16.7 Å². The molecule has 0 atom stereocenters. The van der Waals surface area contributed by atoms with E-state index >= 15 is 0 Å². The predicted octanol–water partition coefficient (Wildman–Crippen LogP) is 6.14. The number of carbonyl (C=O) groups is 1. The summed E-state index contributed by atoms with van der Waals surface area (Å²) in [5, 5.41) is 19.0. The number of carbonyl (C=O) groups excluding carboxylic acids is 1. The third kappa shape index (κ3) is 4.39. The predicted molar refractivity (Wildman–Crippen MR) is 111 cm³/mol. The van der Waals surface area contributed by atoms with Crippen molar-refractivity contribution < 1.29 is 14.6 Å². The molecule has 0 aliphatic rings. The minimum atomic E-state index is -0.544. The average molecular weight is 495 g/mol. The van der Waals surface area contributed by atoms with Crippen LogP contribution in [0.15, 0.2) is 61.6 Å². The molecule has 140 valence electrons. The number of halogens is 2. The quantitative estimate of drug-likeness (QED) is 0.432. The first kappa shape index (κ1) is 19.6. The van der Waals surface area contributed by atoms with Crippen molar-refractivity contribution in [1.82, 2.24) is 4.57 Å². The number of fused-ring (bicyclic) bond motifs is 1. The average Bonchev–Trinajstić information content (AvgIpc) is 2.90. The van der Waals surface area contributed by atoms with Gasteiger partial charge in [0.05, 0.1) is 5.52 Å². The summed E-state index contributed by atoms with van der Waals surface area (Å²) in [5.41, 5.74) is 1.08. The summed E-state index contributed by atoms with van der Waals surface area (Å²) in [4.78, 5) is 12.0. The first-order valence-corrected chi connectivity index (χ1v) is 9.80. The van der Waals surface area contributed by atoms with Gasteiger partial charge in [-0.25, -0.2) is 0 Å². The lowest BCUT2D eigenvalue weighted by atomic mass is 10.2. The second kappa shape index (κ2) is 8.22. The maximum absolute atomic E-state index is 12.0. The molecule has 0 unspecified atom stereocenters. The van der Waals surface area contributed by atoms with E-state index in [0.717, 1.165) is 14.5 Å². The minimum Gasteiger partial charge on any atom is -0.493 e. The van der Waals surface area contributed by atoms with Gasteiger partial charge in [-0.2, -0.15) is 0 Å². The number of aromatic nitrogens is 1. The van der Waals surface area contributed by atoms with Gasteiger partial charge in [0.1, 0.15) is 5.75 Å². The van der Waals surface area contributed by atoms with Crippen LogP contribution in [0.25, 0.3) is 10.9 Å². The number of amides is 1. The van der Waals surface area contributed by atoms with Crippen molar-refractivity contribution in [2.45, 2.75) is 19.9 Å². The molecule has 1 aromatic heterocycles. The number of hydrogen-bond donors (Lipinski definition) is 1. The van der Waals surface area contributed by atoms with Crippen molar-refractivity contribution in [2.24, 2.45) is 10.2 Å². The van der Waals surface area contributed by atoms with Crippen LogP contribution in [-0.2, 0) is 4.79 Å². The Morgan fingerprint density at radius 2 is 1.81 bits per heavy atom. The highest BCUT2D eigenvalue weighted by atomic mass is 79.9. The molecule has 3 aromatic rings. The van der Waals surface area contributed by atoms with Crippen LogP contribution >= 0.6 is 31.9 Å². The molecule has 1 heterocycles. The smallest absolute Gasteiger partial charge is 0.302 e. The normalized spacial score (nSPS) is 11.6. The number of nitrogens with zero attached hydrogens (tertiary/aromatic N) is 3. The van der Waals surface area contributed by atoms with Gasteiger partial charge >= 0.3 is 5.91 Å². The third-order valence-electron chi connectivity index (χ3n) is 3.87. The monoisotopic (exact) mass is 493 g/mol. The van der Waals surface area contributed by atoms with Crippen molar-refractivity contribution in [2.75, 3.05) is 6.61 Å². The zero-order chi connectivity index (χ0) is 19.6. The molecule has 0 saturated heterocycles. The molecule has 27 heavy (non-hydrogen) atoms. The Balaban J connectivity index is 1.82. The first-order chi connectivity index (χ1) is 12.9. The van der Waals surface area contributed by atoms with Crippen LogP contribution in [0.1, 0.15) is 19.9 Å². The van der Waals surface area contributed by atoms with E-state index in [2.05, 4.69) is 42.1 Å². The van der Waals surface area contributed by atoms with E-state index in [0.29, 0.717) is 11.1 Å². The second-order valence-corrected chi connectivity index (χ2v) is 7.97. The zero-order valence-corrected chi connectivity index (χ0v) is 17.9. The fourth-order valence-corrected chi connectivity index (χ4v) is 3.31. The standard InChI is InChI=1S/C19H17Br2N3O3/c1-11(2)24-16-8-5-13(21)9-15(16)18(19(24)26)23-22-17(25)10-27-14-6-3-12(20)4-7-14/h3-9,11,26H,10H2,1-2H3. The molecule has 6 nitrogen and oxygen atoms in total. The highest BCUT2D eigenvalue weighted by Crippen LogP contribution is 2.41. The SMILES string of the molecule is CC(C)n1c(O)c(N=NC(=O)COc2ccc(Br)cc2)c2cc(Br)ccc21. The fourth-order valence-electron chi connectivity index (χ4n) is 2.69. The molecular formula is C19H17Br2N3O3. The summed E-state index contributed by atoms with van der Waals surface area (Å²) in [7, 11) is 0. The summed E-state index contributed by atoms with van der Waals surface area (Å²) in [6.07, 6.45) is 0. The molecule has 8 heteroatoms. The Bertz CT molecular complexity index is 1010.